The van der Waals surface area contributed by atoms with Gasteiger partial charge in [0.1, 0.15) is 0 Å². The third-order valence-electron chi connectivity index (χ3n) is 3.56. The second-order valence-corrected chi connectivity index (χ2v) is 7.15. The number of hydrogen-bond acceptors (Lipinski definition) is 2. The normalized spacial score (nSPS) is 19.5. The SMILES string of the molecule is O=C(c1ccc2cc(Br)ccc2c1)C1CCCCS1. The molecule has 1 atom stereocenters. The molecule has 0 saturated carbocycles. The number of carbonyl (C=O) groups excluding carboxylic acids is 1. The summed E-state index contributed by atoms with van der Waals surface area (Å²) in [6, 6.07) is 12.2. The predicted octanol–water partition coefficient (Wildman–Crippen LogP) is 5.07. The van der Waals surface area contributed by atoms with Gasteiger partial charge >= 0.3 is 0 Å². The molecule has 0 radical (unpaired) electrons. The Morgan fingerprint density at radius 1 is 1.11 bits per heavy atom. The van der Waals surface area contributed by atoms with Gasteiger partial charge in [0.25, 0.3) is 0 Å². The second-order valence-electron chi connectivity index (χ2n) is 4.93. The van der Waals surface area contributed by atoms with Gasteiger partial charge in [0, 0.05) is 10.0 Å². The molecule has 1 unspecified atom stereocenters. The lowest BCUT2D eigenvalue weighted by Gasteiger charge is -2.20. The van der Waals surface area contributed by atoms with Crippen LogP contribution in [0.25, 0.3) is 10.8 Å². The Hall–Kier alpha value is -0.800. The number of carbonyl (C=O) groups is 1. The summed E-state index contributed by atoms with van der Waals surface area (Å²) in [7, 11) is 0. The number of thioether (sulfide) groups is 1. The highest BCUT2D eigenvalue weighted by Crippen LogP contribution is 2.29. The average Bonchev–Trinajstić information content (AvgIpc) is 2.47. The highest BCUT2D eigenvalue weighted by Gasteiger charge is 2.22. The van der Waals surface area contributed by atoms with E-state index < -0.39 is 0 Å². The molecule has 0 bridgehead atoms. The molecule has 2 aromatic rings. The van der Waals surface area contributed by atoms with E-state index in [-0.39, 0.29) is 5.25 Å². The molecule has 1 nitrogen and oxygen atoms in total. The fourth-order valence-corrected chi connectivity index (χ4v) is 4.16. The van der Waals surface area contributed by atoms with Crippen molar-refractivity contribution in [3.63, 3.8) is 0 Å². The lowest BCUT2D eigenvalue weighted by atomic mass is 10.0. The van der Waals surface area contributed by atoms with E-state index in [9.17, 15) is 4.79 Å². The topological polar surface area (TPSA) is 17.1 Å². The largest absolute Gasteiger partial charge is 0.293 e. The van der Waals surface area contributed by atoms with E-state index >= 15 is 0 Å². The van der Waals surface area contributed by atoms with Crippen LogP contribution in [0.15, 0.2) is 40.9 Å². The molecule has 3 rings (SSSR count). The van der Waals surface area contributed by atoms with Crippen LogP contribution in [0.3, 0.4) is 0 Å². The van der Waals surface area contributed by atoms with Gasteiger partial charge in [-0.1, -0.05) is 40.5 Å². The molecule has 0 aliphatic carbocycles. The van der Waals surface area contributed by atoms with Gasteiger partial charge in [-0.05, 0) is 47.6 Å². The summed E-state index contributed by atoms with van der Waals surface area (Å²) in [5.41, 5.74) is 0.856. The van der Waals surface area contributed by atoms with Crippen LogP contribution in [-0.4, -0.2) is 16.8 Å². The molecular formula is C16H15BrOS. The van der Waals surface area contributed by atoms with E-state index in [4.69, 9.17) is 0 Å². The maximum absolute atomic E-state index is 12.5. The molecule has 1 heterocycles. The van der Waals surface area contributed by atoms with Gasteiger partial charge in [-0.3, -0.25) is 4.79 Å². The van der Waals surface area contributed by atoms with E-state index in [1.54, 1.807) is 0 Å². The van der Waals surface area contributed by atoms with Crippen molar-refractivity contribution >= 4 is 44.2 Å². The van der Waals surface area contributed by atoms with Crippen molar-refractivity contribution in [1.29, 1.82) is 0 Å². The van der Waals surface area contributed by atoms with Crippen molar-refractivity contribution in [2.75, 3.05) is 5.75 Å². The number of Topliss-reactive ketones (excluding diaryl/α,β-unsaturated/α-hetero) is 1. The van der Waals surface area contributed by atoms with E-state index in [1.165, 1.54) is 18.2 Å². The molecule has 3 heteroatoms. The number of ketones is 1. The Morgan fingerprint density at radius 2 is 1.89 bits per heavy atom. The summed E-state index contributed by atoms with van der Waals surface area (Å²) >= 11 is 5.29. The van der Waals surface area contributed by atoms with Crippen LogP contribution >= 0.6 is 27.7 Å². The summed E-state index contributed by atoms with van der Waals surface area (Å²) in [6.07, 6.45) is 3.46. The lowest BCUT2D eigenvalue weighted by molar-refractivity contribution is 0.0985. The maximum atomic E-state index is 12.5. The summed E-state index contributed by atoms with van der Waals surface area (Å²) in [5.74, 6) is 1.42. The zero-order valence-corrected chi connectivity index (χ0v) is 13.0. The number of hydrogen-bond donors (Lipinski definition) is 0. The first-order chi connectivity index (χ1) is 9.24. The summed E-state index contributed by atoms with van der Waals surface area (Å²) in [6.45, 7) is 0. The predicted molar refractivity (Wildman–Crippen MR) is 86.1 cm³/mol. The van der Waals surface area contributed by atoms with E-state index in [2.05, 4.69) is 28.1 Å². The van der Waals surface area contributed by atoms with E-state index in [1.807, 2.05) is 36.0 Å². The summed E-state index contributed by atoms with van der Waals surface area (Å²) in [4.78, 5) is 12.5. The fraction of sp³-hybridized carbons (Fsp3) is 0.312. The van der Waals surface area contributed by atoms with Crippen LogP contribution in [0.4, 0.5) is 0 Å². The molecule has 0 amide bonds. The lowest BCUT2D eigenvalue weighted by Crippen LogP contribution is -2.20. The van der Waals surface area contributed by atoms with Gasteiger partial charge in [0.15, 0.2) is 5.78 Å². The van der Waals surface area contributed by atoms with Crippen LogP contribution in [0.2, 0.25) is 0 Å². The Labute approximate surface area is 125 Å². The van der Waals surface area contributed by atoms with Crippen LogP contribution < -0.4 is 0 Å². The van der Waals surface area contributed by atoms with Gasteiger partial charge in [-0.15, -0.1) is 0 Å². The zero-order chi connectivity index (χ0) is 13.2. The molecule has 2 aromatic carbocycles. The number of fused-ring (bicyclic) bond motifs is 1. The van der Waals surface area contributed by atoms with Crippen LogP contribution in [-0.2, 0) is 0 Å². The quantitative estimate of drug-likeness (QED) is 0.713. The Bertz CT molecular complexity index is 617. The van der Waals surface area contributed by atoms with Crippen molar-refractivity contribution in [2.24, 2.45) is 0 Å². The Morgan fingerprint density at radius 3 is 2.68 bits per heavy atom. The monoisotopic (exact) mass is 334 g/mol. The van der Waals surface area contributed by atoms with Crippen molar-refractivity contribution in [2.45, 2.75) is 24.5 Å². The molecule has 0 N–H and O–H groups in total. The van der Waals surface area contributed by atoms with Crippen molar-refractivity contribution in [1.82, 2.24) is 0 Å². The Kier molecular flexibility index (Phi) is 3.94. The van der Waals surface area contributed by atoms with Crippen molar-refractivity contribution in [3.8, 4) is 0 Å². The van der Waals surface area contributed by atoms with Crippen LogP contribution in [0.1, 0.15) is 29.6 Å². The van der Waals surface area contributed by atoms with Gasteiger partial charge < -0.3 is 0 Å². The third kappa shape index (κ3) is 2.87. The molecule has 1 saturated heterocycles. The highest BCUT2D eigenvalue weighted by molar-refractivity contribution is 9.10. The van der Waals surface area contributed by atoms with E-state index in [0.29, 0.717) is 5.78 Å². The number of rotatable bonds is 2. The maximum Gasteiger partial charge on any atom is 0.175 e. The first kappa shape index (κ1) is 13.2. The molecule has 0 spiro atoms. The summed E-state index contributed by atoms with van der Waals surface area (Å²) in [5, 5.41) is 2.47. The molecule has 19 heavy (non-hydrogen) atoms. The molecule has 1 fully saturated rings. The molecule has 1 aliphatic rings. The van der Waals surface area contributed by atoms with Gasteiger partial charge in [0.05, 0.1) is 5.25 Å². The molecule has 0 aromatic heterocycles. The van der Waals surface area contributed by atoms with Crippen LogP contribution in [0, 0.1) is 0 Å². The van der Waals surface area contributed by atoms with Crippen LogP contribution in [0.5, 0.6) is 0 Å². The molecule has 1 aliphatic heterocycles. The van der Waals surface area contributed by atoms with Gasteiger partial charge in [-0.25, -0.2) is 0 Å². The number of benzene rings is 2. The van der Waals surface area contributed by atoms with Gasteiger partial charge in [-0.2, -0.15) is 11.8 Å². The zero-order valence-electron chi connectivity index (χ0n) is 10.6. The smallest absolute Gasteiger partial charge is 0.175 e. The first-order valence-corrected chi connectivity index (χ1v) is 8.43. The molecular weight excluding hydrogens is 320 g/mol. The van der Waals surface area contributed by atoms with Crippen molar-refractivity contribution < 1.29 is 4.79 Å². The minimum atomic E-state index is 0.168. The average molecular weight is 335 g/mol. The van der Waals surface area contributed by atoms with E-state index in [0.717, 1.165) is 27.6 Å². The standard InChI is InChI=1S/C16H15BrOS/c17-14-7-6-11-9-13(5-4-12(11)10-14)16(18)15-3-1-2-8-19-15/h4-7,9-10,15H,1-3,8H2. The second kappa shape index (κ2) is 5.68. The van der Waals surface area contributed by atoms with Crippen molar-refractivity contribution in [3.05, 3.63) is 46.4 Å². The summed E-state index contributed by atoms with van der Waals surface area (Å²) < 4.78 is 1.07. The minimum Gasteiger partial charge on any atom is -0.293 e. The fourth-order valence-electron chi connectivity index (χ4n) is 2.50. The Balaban J connectivity index is 1.92. The minimum absolute atomic E-state index is 0.168. The first-order valence-electron chi connectivity index (χ1n) is 6.59. The highest BCUT2D eigenvalue weighted by atomic mass is 79.9. The molecule has 98 valence electrons. The van der Waals surface area contributed by atoms with Gasteiger partial charge in [0.2, 0.25) is 0 Å². The third-order valence-corrected chi connectivity index (χ3v) is 5.43. The number of halogens is 1.